The fourth-order valence-electron chi connectivity index (χ4n) is 4.21. The maximum absolute atomic E-state index is 14.0. The van der Waals surface area contributed by atoms with E-state index in [1.165, 1.54) is 6.33 Å². The van der Waals surface area contributed by atoms with Crippen molar-refractivity contribution in [3.8, 4) is 5.75 Å². The smallest absolute Gasteiger partial charge is 0.272 e. The molecule has 2 unspecified atom stereocenters. The van der Waals surface area contributed by atoms with Crippen LogP contribution in [0, 0.1) is 0 Å². The van der Waals surface area contributed by atoms with Crippen LogP contribution in [0.1, 0.15) is 61.1 Å². The van der Waals surface area contributed by atoms with Crippen molar-refractivity contribution in [3.05, 3.63) is 70.5 Å². The summed E-state index contributed by atoms with van der Waals surface area (Å²) in [5, 5.41) is 13.7. The lowest BCUT2D eigenvalue weighted by molar-refractivity contribution is -0.122. The third-order valence-corrected chi connectivity index (χ3v) is 6.09. The molecule has 2 aromatic rings. The fraction of sp³-hybridized carbons (Fsp3) is 0.375. The van der Waals surface area contributed by atoms with Gasteiger partial charge in [0.25, 0.3) is 5.91 Å². The third-order valence-electron chi connectivity index (χ3n) is 6.09. The van der Waals surface area contributed by atoms with Crippen LogP contribution in [0.25, 0.3) is 0 Å². The number of amides is 1. The molecule has 1 aromatic heterocycles. The number of nitrogens with one attached hydrogen (secondary N) is 1. The van der Waals surface area contributed by atoms with Gasteiger partial charge in [0.1, 0.15) is 17.0 Å². The van der Waals surface area contributed by atoms with Crippen LogP contribution < -0.4 is 15.8 Å². The number of imidazole rings is 1. The average Bonchev–Trinajstić information content (AvgIpc) is 3.18. The molecule has 2 aliphatic rings. The Morgan fingerprint density at radius 3 is 2.81 bits per heavy atom. The first-order valence-corrected chi connectivity index (χ1v) is 10.6. The van der Waals surface area contributed by atoms with E-state index >= 15 is 0 Å². The van der Waals surface area contributed by atoms with Gasteiger partial charge < -0.3 is 25.5 Å². The minimum atomic E-state index is -1.49. The van der Waals surface area contributed by atoms with E-state index in [2.05, 4.69) is 10.3 Å². The summed E-state index contributed by atoms with van der Waals surface area (Å²) >= 11 is 0. The topological polar surface area (TPSA) is 119 Å². The number of benzene rings is 1. The van der Waals surface area contributed by atoms with Crippen molar-refractivity contribution in [2.75, 3.05) is 0 Å². The molecule has 8 heteroatoms. The Morgan fingerprint density at radius 2 is 2.16 bits per heavy atom. The van der Waals surface area contributed by atoms with Crippen LogP contribution in [0.3, 0.4) is 0 Å². The number of aromatic nitrogens is 2. The lowest BCUT2D eigenvalue weighted by atomic mass is 9.77. The number of hydrogen-bond acceptors (Lipinski definition) is 6. The first kappa shape index (κ1) is 21.8. The number of ether oxygens (including phenoxy) is 1. The molecule has 8 nitrogen and oxygen atoms in total. The van der Waals surface area contributed by atoms with Crippen molar-refractivity contribution in [1.29, 1.82) is 0 Å². The largest absolute Gasteiger partial charge is 0.460 e. The van der Waals surface area contributed by atoms with Gasteiger partial charge in [-0.1, -0.05) is 32.1 Å². The summed E-state index contributed by atoms with van der Waals surface area (Å²) < 4.78 is 7.61. The number of fused-ring (bicyclic) bond motifs is 2. The SMILES string of the molecule is CC(C)c1ccc2c(c1)OC(O)C1=CCCC(N)=C1C(=O)C2(C)NC(=O)c1cn(C)cn1. The molecule has 1 aromatic carbocycles. The van der Waals surface area contributed by atoms with Gasteiger partial charge in [0.05, 0.1) is 6.33 Å². The Morgan fingerprint density at radius 1 is 1.41 bits per heavy atom. The van der Waals surface area contributed by atoms with Gasteiger partial charge in [-0.25, -0.2) is 4.98 Å². The molecule has 0 saturated heterocycles. The van der Waals surface area contributed by atoms with E-state index in [0.717, 1.165) is 5.56 Å². The van der Waals surface area contributed by atoms with Crippen LogP contribution in [-0.2, 0) is 17.4 Å². The van der Waals surface area contributed by atoms with Crippen LogP contribution in [0.2, 0.25) is 0 Å². The van der Waals surface area contributed by atoms with Gasteiger partial charge in [-0.15, -0.1) is 0 Å². The van der Waals surface area contributed by atoms with Crippen molar-refractivity contribution in [3.63, 3.8) is 0 Å². The number of nitrogens with zero attached hydrogens (tertiary/aromatic N) is 2. The number of nitrogens with two attached hydrogens (primary N) is 1. The summed E-state index contributed by atoms with van der Waals surface area (Å²) in [4.78, 5) is 31.2. The Kier molecular flexibility index (Phi) is 5.42. The zero-order valence-corrected chi connectivity index (χ0v) is 18.7. The Balaban J connectivity index is 1.90. The number of Topliss-reactive ketones (excluding diaryl/α,β-unsaturated/α-hetero) is 1. The normalized spacial score (nSPS) is 23.0. The molecule has 0 spiro atoms. The molecular weight excluding hydrogens is 408 g/mol. The molecule has 0 fully saturated rings. The first-order chi connectivity index (χ1) is 15.1. The molecule has 32 heavy (non-hydrogen) atoms. The van der Waals surface area contributed by atoms with E-state index in [0.29, 0.717) is 35.4 Å². The maximum Gasteiger partial charge on any atom is 0.272 e. The highest BCUT2D eigenvalue weighted by Gasteiger charge is 2.46. The number of ketones is 1. The molecule has 4 rings (SSSR count). The Hall–Kier alpha value is -3.39. The van der Waals surface area contributed by atoms with Gasteiger partial charge in [-0.3, -0.25) is 9.59 Å². The molecule has 0 saturated carbocycles. The molecule has 2 heterocycles. The van der Waals surface area contributed by atoms with Crippen molar-refractivity contribution >= 4 is 11.7 Å². The van der Waals surface area contributed by atoms with E-state index in [4.69, 9.17) is 10.5 Å². The minimum Gasteiger partial charge on any atom is -0.460 e. The predicted molar refractivity (Wildman–Crippen MR) is 119 cm³/mol. The van der Waals surface area contributed by atoms with E-state index in [9.17, 15) is 14.7 Å². The fourth-order valence-corrected chi connectivity index (χ4v) is 4.21. The second-order valence-electron chi connectivity index (χ2n) is 8.81. The monoisotopic (exact) mass is 436 g/mol. The Labute approximate surface area is 186 Å². The lowest BCUT2D eigenvalue weighted by Crippen LogP contribution is -2.52. The standard InChI is InChI=1S/C24H28N4O4/c1-13(2)14-8-9-16-19(10-14)32-23(31)15-6-5-7-17(25)20(15)21(29)24(16,3)27-22(30)18-11-28(4)12-26-18/h6,8-13,23,31H,5,7,25H2,1-4H3,(H,27,30). The number of allylic oxidation sites excluding steroid dienone is 2. The van der Waals surface area contributed by atoms with Crippen LogP contribution in [0.5, 0.6) is 5.75 Å². The molecule has 2 atom stereocenters. The average molecular weight is 437 g/mol. The highest BCUT2D eigenvalue weighted by molar-refractivity contribution is 6.10. The lowest BCUT2D eigenvalue weighted by Gasteiger charge is -2.37. The number of aliphatic hydroxyl groups is 1. The van der Waals surface area contributed by atoms with Crippen molar-refractivity contribution in [2.45, 2.75) is 51.4 Å². The highest BCUT2D eigenvalue weighted by Crippen LogP contribution is 2.41. The number of rotatable bonds is 3. The molecule has 1 aliphatic carbocycles. The summed E-state index contributed by atoms with van der Waals surface area (Å²) in [7, 11) is 1.76. The van der Waals surface area contributed by atoms with Crippen LogP contribution in [0.15, 0.2) is 53.6 Å². The molecular formula is C24H28N4O4. The minimum absolute atomic E-state index is 0.186. The van der Waals surface area contributed by atoms with Gasteiger partial charge in [0.2, 0.25) is 6.29 Å². The van der Waals surface area contributed by atoms with Gasteiger partial charge in [-0.2, -0.15) is 0 Å². The molecule has 0 radical (unpaired) electrons. The van der Waals surface area contributed by atoms with Gasteiger partial charge in [-0.05, 0) is 37.3 Å². The van der Waals surface area contributed by atoms with Crippen LogP contribution in [0.4, 0.5) is 0 Å². The van der Waals surface area contributed by atoms with E-state index < -0.39 is 23.5 Å². The highest BCUT2D eigenvalue weighted by atomic mass is 16.6. The second-order valence-corrected chi connectivity index (χ2v) is 8.81. The Bertz CT molecular complexity index is 1160. The number of hydrogen-bond donors (Lipinski definition) is 3. The van der Waals surface area contributed by atoms with Gasteiger partial charge >= 0.3 is 0 Å². The molecule has 1 aliphatic heterocycles. The zero-order chi connectivity index (χ0) is 23.2. The molecule has 4 N–H and O–H groups in total. The number of aryl methyl sites for hydroxylation is 1. The van der Waals surface area contributed by atoms with Crippen LogP contribution in [-0.4, -0.2) is 32.6 Å². The summed E-state index contributed by atoms with van der Waals surface area (Å²) in [6, 6.07) is 5.47. The number of carbonyl (C=O) groups excluding carboxylic acids is 2. The molecule has 0 bridgehead atoms. The van der Waals surface area contributed by atoms with Crippen molar-refractivity contribution in [2.24, 2.45) is 12.8 Å². The summed E-state index contributed by atoms with van der Waals surface area (Å²) in [5.74, 6) is -0.352. The maximum atomic E-state index is 14.0. The van der Waals surface area contributed by atoms with Gasteiger partial charge in [0.15, 0.2) is 5.78 Å². The zero-order valence-electron chi connectivity index (χ0n) is 18.7. The van der Waals surface area contributed by atoms with E-state index in [1.54, 1.807) is 36.9 Å². The van der Waals surface area contributed by atoms with E-state index in [1.807, 2.05) is 26.0 Å². The molecule has 168 valence electrons. The predicted octanol–water partition coefficient (Wildman–Crippen LogP) is 2.40. The quantitative estimate of drug-likeness (QED) is 0.680. The van der Waals surface area contributed by atoms with Crippen molar-refractivity contribution < 1.29 is 19.4 Å². The van der Waals surface area contributed by atoms with E-state index in [-0.39, 0.29) is 17.2 Å². The number of carbonyl (C=O) groups is 2. The summed E-state index contributed by atoms with van der Waals surface area (Å²) in [5.41, 5.74) is 7.26. The summed E-state index contributed by atoms with van der Waals surface area (Å²) in [6.45, 7) is 5.72. The number of aliphatic hydroxyl groups excluding tert-OH is 1. The molecule has 1 amide bonds. The summed E-state index contributed by atoms with van der Waals surface area (Å²) in [6.07, 6.45) is 4.60. The second kappa shape index (κ2) is 7.94. The first-order valence-electron chi connectivity index (χ1n) is 10.6. The van der Waals surface area contributed by atoms with Crippen molar-refractivity contribution in [1.82, 2.24) is 14.9 Å². The third kappa shape index (κ3) is 3.60. The van der Waals surface area contributed by atoms with Gasteiger partial charge in [0, 0.05) is 35.7 Å². The van der Waals surface area contributed by atoms with Crippen LogP contribution >= 0.6 is 0 Å².